The molecule has 0 aliphatic carbocycles. The minimum absolute atomic E-state index is 0.223. The number of ether oxygens (including phenoxy) is 1. The molecule has 0 aliphatic rings. The van der Waals surface area contributed by atoms with Crippen LogP contribution in [-0.2, 0) is 6.54 Å². The third kappa shape index (κ3) is 3.92. The number of rotatable bonds is 6. The summed E-state index contributed by atoms with van der Waals surface area (Å²) in [5, 5.41) is 11.1. The van der Waals surface area contributed by atoms with Gasteiger partial charge in [0.15, 0.2) is 5.82 Å². The molecule has 0 saturated carbocycles. The van der Waals surface area contributed by atoms with Crippen molar-refractivity contribution < 1.29 is 9.53 Å². The second-order valence-corrected chi connectivity index (χ2v) is 5.19. The number of hydrogen-bond acceptors (Lipinski definition) is 5. The van der Waals surface area contributed by atoms with Gasteiger partial charge < -0.3 is 10.1 Å². The van der Waals surface area contributed by atoms with Gasteiger partial charge in [-0.3, -0.25) is 9.59 Å². The van der Waals surface area contributed by atoms with Crippen molar-refractivity contribution >= 4 is 5.91 Å². The summed E-state index contributed by atoms with van der Waals surface area (Å²) in [6, 6.07) is 11.6. The van der Waals surface area contributed by atoms with Gasteiger partial charge in [0.2, 0.25) is 0 Å². The topological polar surface area (TPSA) is 91.0 Å². The third-order valence-corrected chi connectivity index (χ3v) is 3.55. The Balaban J connectivity index is 1.62. The molecule has 0 fully saturated rings. The first kappa shape index (κ1) is 16.4. The van der Waals surface area contributed by atoms with Crippen LogP contribution in [0.25, 0.3) is 5.82 Å². The fraction of sp³-hybridized carbons (Fsp3) is 0.176. The van der Waals surface area contributed by atoms with Gasteiger partial charge in [-0.2, -0.15) is 5.10 Å². The molecular weight excluding hydrogens is 322 g/mol. The van der Waals surface area contributed by atoms with Crippen LogP contribution in [0.2, 0.25) is 0 Å². The molecule has 3 rings (SSSR count). The maximum absolute atomic E-state index is 12.1. The number of methoxy groups -OCH3 is 1. The Morgan fingerprint density at radius 2 is 2.00 bits per heavy atom. The van der Waals surface area contributed by atoms with E-state index in [1.807, 2.05) is 0 Å². The van der Waals surface area contributed by atoms with Crippen LogP contribution in [0.15, 0.2) is 59.7 Å². The first-order valence-corrected chi connectivity index (χ1v) is 7.68. The number of carbonyl (C=O) groups excluding carboxylic acids is 1. The van der Waals surface area contributed by atoms with E-state index >= 15 is 0 Å². The van der Waals surface area contributed by atoms with Gasteiger partial charge >= 0.3 is 0 Å². The summed E-state index contributed by atoms with van der Waals surface area (Å²) < 4.78 is 7.92. The summed E-state index contributed by atoms with van der Waals surface area (Å²) in [5.74, 6) is 0.993. The fourth-order valence-corrected chi connectivity index (χ4v) is 2.24. The van der Waals surface area contributed by atoms with Crippen LogP contribution in [0.5, 0.6) is 5.75 Å². The molecule has 8 heteroatoms. The standard InChI is InChI=1S/C17H17N5O3/c1-25-14-5-3-13(4-6-14)17(24)18-10-12-22-16(23)8-7-15(20-22)21-11-2-9-19-21/h2-9,11H,10,12H2,1H3,(H,18,24). The van der Waals surface area contributed by atoms with E-state index in [-0.39, 0.29) is 24.6 Å². The second-order valence-electron chi connectivity index (χ2n) is 5.19. The molecule has 0 radical (unpaired) electrons. The Kier molecular flexibility index (Phi) is 4.89. The van der Waals surface area contributed by atoms with Gasteiger partial charge in [0.05, 0.1) is 13.7 Å². The molecule has 128 valence electrons. The van der Waals surface area contributed by atoms with E-state index in [1.165, 1.54) is 10.7 Å². The van der Waals surface area contributed by atoms with Crippen molar-refractivity contribution in [1.82, 2.24) is 24.9 Å². The average Bonchev–Trinajstić information content (AvgIpc) is 3.18. The summed E-state index contributed by atoms with van der Waals surface area (Å²) in [4.78, 5) is 24.0. The molecule has 0 spiro atoms. The fourth-order valence-electron chi connectivity index (χ4n) is 2.24. The van der Waals surface area contributed by atoms with E-state index in [4.69, 9.17) is 4.74 Å². The zero-order valence-corrected chi connectivity index (χ0v) is 13.6. The summed E-state index contributed by atoms with van der Waals surface area (Å²) in [6.45, 7) is 0.538. The summed E-state index contributed by atoms with van der Waals surface area (Å²) >= 11 is 0. The van der Waals surface area contributed by atoms with E-state index < -0.39 is 0 Å². The van der Waals surface area contributed by atoms with E-state index in [2.05, 4.69) is 15.5 Å². The lowest BCUT2D eigenvalue weighted by molar-refractivity contribution is 0.0951. The average molecular weight is 339 g/mol. The lowest BCUT2D eigenvalue weighted by atomic mass is 10.2. The van der Waals surface area contributed by atoms with Gasteiger partial charge in [-0.15, -0.1) is 5.10 Å². The lowest BCUT2D eigenvalue weighted by Crippen LogP contribution is -2.32. The number of nitrogens with zero attached hydrogens (tertiary/aromatic N) is 4. The quantitative estimate of drug-likeness (QED) is 0.719. The van der Waals surface area contributed by atoms with E-state index in [9.17, 15) is 9.59 Å². The van der Waals surface area contributed by atoms with Crippen molar-refractivity contribution in [3.8, 4) is 11.6 Å². The molecule has 8 nitrogen and oxygen atoms in total. The predicted molar refractivity (Wildman–Crippen MR) is 90.9 cm³/mol. The molecule has 1 N–H and O–H groups in total. The highest BCUT2D eigenvalue weighted by Gasteiger charge is 2.07. The number of amides is 1. The zero-order valence-electron chi connectivity index (χ0n) is 13.6. The monoisotopic (exact) mass is 339 g/mol. The van der Waals surface area contributed by atoms with Crippen molar-refractivity contribution in [2.45, 2.75) is 6.54 Å². The molecule has 0 saturated heterocycles. The van der Waals surface area contributed by atoms with Crippen molar-refractivity contribution in [3.05, 3.63) is 70.8 Å². The molecule has 25 heavy (non-hydrogen) atoms. The Bertz CT molecular complexity index is 901. The number of aromatic nitrogens is 4. The van der Waals surface area contributed by atoms with Gasteiger partial charge in [0, 0.05) is 30.6 Å². The van der Waals surface area contributed by atoms with Crippen LogP contribution < -0.4 is 15.6 Å². The number of benzene rings is 1. The largest absolute Gasteiger partial charge is 0.497 e. The molecule has 0 bridgehead atoms. The first-order chi connectivity index (χ1) is 12.2. The van der Waals surface area contributed by atoms with Crippen molar-refractivity contribution in [3.63, 3.8) is 0 Å². The van der Waals surface area contributed by atoms with Crippen LogP contribution >= 0.6 is 0 Å². The van der Waals surface area contributed by atoms with Crippen LogP contribution in [0.3, 0.4) is 0 Å². The van der Waals surface area contributed by atoms with E-state index in [0.717, 1.165) is 0 Å². The van der Waals surface area contributed by atoms with Gasteiger partial charge in [-0.25, -0.2) is 9.36 Å². The maximum atomic E-state index is 12.1. The van der Waals surface area contributed by atoms with Crippen LogP contribution in [0.1, 0.15) is 10.4 Å². The van der Waals surface area contributed by atoms with Gasteiger partial charge in [-0.1, -0.05) is 0 Å². The SMILES string of the molecule is COc1ccc(C(=O)NCCn2nc(-n3cccn3)ccc2=O)cc1. The molecule has 2 heterocycles. The smallest absolute Gasteiger partial charge is 0.266 e. The second kappa shape index (κ2) is 7.43. The summed E-state index contributed by atoms with van der Waals surface area (Å²) in [7, 11) is 1.57. The highest BCUT2D eigenvalue weighted by Crippen LogP contribution is 2.10. The predicted octanol–water partition coefficient (Wildman–Crippen LogP) is 0.868. The highest BCUT2D eigenvalue weighted by atomic mass is 16.5. The molecule has 0 aliphatic heterocycles. The minimum atomic E-state index is -0.241. The molecule has 0 atom stereocenters. The Labute approximate surface area is 143 Å². The third-order valence-electron chi connectivity index (χ3n) is 3.55. The van der Waals surface area contributed by atoms with Gasteiger partial charge in [0.25, 0.3) is 11.5 Å². The summed E-state index contributed by atoms with van der Waals surface area (Å²) in [6.07, 6.45) is 3.37. The van der Waals surface area contributed by atoms with Crippen LogP contribution in [0, 0.1) is 0 Å². The Morgan fingerprint density at radius 1 is 1.20 bits per heavy atom. The minimum Gasteiger partial charge on any atom is -0.497 e. The molecule has 0 unspecified atom stereocenters. The van der Waals surface area contributed by atoms with E-state index in [0.29, 0.717) is 17.1 Å². The molecule has 1 amide bonds. The van der Waals surface area contributed by atoms with Gasteiger partial charge in [0.1, 0.15) is 5.75 Å². The normalized spacial score (nSPS) is 10.4. The number of nitrogens with one attached hydrogen (secondary N) is 1. The lowest BCUT2D eigenvalue weighted by Gasteiger charge is -2.09. The van der Waals surface area contributed by atoms with Crippen molar-refractivity contribution in [2.75, 3.05) is 13.7 Å². The zero-order chi connectivity index (χ0) is 17.6. The maximum Gasteiger partial charge on any atom is 0.266 e. The van der Waals surface area contributed by atoms with E-state index in [1.54, 1.807) is 60.6 Å². The Hall–Kier alpha value is -3.42. The van der Waals surface area contributed by atoms with Crippen molar-refractivity contribution in [2.24, 2.45) is 0 Å². The molecule has 2 aromatic heterocycles. The van der Waals surface area contributed by atoms with Crippen LogP contribution in [0.4, 0.5) is 0 Å². The molecule has 3 aromatic rings. The number of carbonyl (C=O) groups is 1. The number of hydrogen-bond donors (Lipinski definition) is 1. The summed E-state index contributed by atoms with van der Waals surface area (Å²) in [5.41, 5.74) is 0.279. The Morgan fingerprint density at radius 3 is 2.68 bits per heavy atom. The highest BCUT2D eigenvalue weighted by molar-refractivity contribution is 5.94. The van der Waals surface area contributed by atoms with Gasteiger partial charge in [-0.05, 0) is 36.4 Å². The van der Waals surface area contributed by atoms with Crippen molar-refractivity contribution in [1.29, 1.82) is 0 Å². The molecular formula is C17H17N5O3. The first-order valence-electron chi connectivity index (χ1n) is 7.68. The van der Waals surface area contributed by atoms with Crippen LogP contribution in [-0.4, -0.2) is 39.1 Å². The molecule has 1 aromatic carbocycles.